The average molecular weight is 299 g/mol. The number of furan rings is 1. The molecule has 2 unspecified atom stereocenters. The lowest BCUT2D eigenvalue weighted by molar-refractivity contribution is 0.126. The summed E-state index contributed by atoms with van der Waals surface area (Å²) < 4.78 is 37.9. The first-order chi connectivity index (χ1) is 9.56. The maximum Gasteiger partial charge on any atom is 0.217 e. The van der Waals surface area contributed by atoms with E-state index in [1.54, 1.807) is 4.31 Å². The molecule has 0 amide bonds. The van der Waals surface area contributed by atoms with Crippen LogP contribution >= 0.6 is 0 Å². The van der Waals surface area contributed by atoms with Gasteiger partial charge in [-0.25, -0.2) is 8.42 Å². The smallest absolute Gasteiger partial charge is 0.217 e. The summed E-state index contributed by atoms with van der Waals surface area (Å²) in [6.07, 6.45) is 3.38. The lowest BCUT2D eigenvalue weighted by Gasteiger charge is -2.24. The highest BCUT2D eigenvalue weighted by atomic mass is 32.2. The number of sulfonamides is 1. The van der Waals surface area contributed by atoms with E-state index in [9.17, 15) is 8.42 Å². The molecular weight excluding hydrogens is 278 g/mol. The Morgan fingerprint density at radius 1 is 1.30 bits per heavy atom. The summed E-state index contributed by atoms with van der Waals surface area (Å²) in [4.78, 5) is 0. The van der Waals surface area contributed by atoms with Crippen molar-refractivity contribution in [2.45, 2.75) is 44.8 Å². The molecule has 1 aromatic rings. The molecule has 0 aromatic carbocycles. The third-order valence-corrected chi connectivity index (χ3v) is 6.02. The van der Waals surface area contributed by atoms with E-state index in [0.717, 1.165) is 37.2 Å². The Hall–Kier alpha value is -0.850. The van der Waals surface area contributed by atoms with E-state index in [1.165, 1.54) is 0 Å². The van der Waals surface area contributed by atoms with E-state index in [2.05, 4.69) is 0 Å². The van der Waals surface area contributed by atoms with E-state index in [-0.39, 0.29) is 17.9 Å². The van der Waals surface area contributed by atoms with Crippen LogP contribution in [0.4, 0.5) is 0 Å². The van der Waals surface area contributed by atoms with Crippen LogP contribution < -0.4 is 0 Å². The van der Waals surface area contributed by atoms with Gasteiger partial charge in [0, 0.05) is 13.2 Å². The van der Waals surface area contributed by atoms with Crippen molar-refractivity contribution >= 4 is 10.0 Å². The maximum absolute atomic E-state index is 12.6. The molecule has 2 aliphatic rings. The van der Waals surface area contributed by atoms with Gasteiger partial charge in [-0.2, -0.15) is 4.31 Å². The Balaban J connectivity index is 1.77. The minimum Gasteiger partial charge on any atom is -0.465 e. The fraction of sp³-hybridized carbons (Fsp3) is 0.714. The fourth-order valence-electron chi connectivity index (χ4n) is 3.10. The average Bonchev–Trinajstić information content (AvgIpc) is 3.07. The van der Waals surface area contributed by atoms with Crippen molar-refractivity contribution in [2.24, 2.45) is 0 Å². The van der Waals surface area contributed by atoms with Gasteiger partial charge in [-0.15, -0.1) is 0 Å². The number of rotatable bonds is 4. The molecule has 3 heterocycles. The second-order valence-corrected chi connectivity index (χ2v) is 7.60. The van der Waals surface area contributed by atoms with Crippen LogP contribution in [0.2, 0.25) is 0 Å². The van der Waals surface area contributed by atoms with E-state index in [0.29, 0.717) is 13.2 Å². The van der Waals surface area contributed by atoms with Gasteiger partial charge in [-0.3, -0.25) is 0 Å². The molecule has 0 bridgehead atoms. The van der Waals surface area contributed by atoms with E-state index >= 15 is 0 Å². The zero-order chi connectivity index (χ0) is 14.2. The summed E-state index contributed by atoms with van der Waals surface area (Å²) in [6, 6.07) is 3.63. The third-order valence-electron chi connectivity index (χ3n) is 4.07. The van der Waals surface area contributed by atoms with Crippen LogP contribution in [0.15, 0.2) is 16.5 Å². The van der Waals surface area contributed by atoms with Gasteiger partial charge in [0.1, 0.15) is 11.5 Å². The quantitative estimate of drug-likeness (QED) is 0.855. The van der Waals surface area contributed by atoms with Gasteiger partial charge in [0.2, 0.25) is 10.0 Å². The van der Waals surface area contributed by atoms with E-state index < -0.39 is 10.0 Å². The van der Waals surface area contributed by atoms with Crippen LogP contribution in [0.5, 0.6) is 0 Å². The Morgan fingerprint density at radius 2 is 2.15 bits per heavy atom. The zero-order valence-electron chi connectivity index (χ0n) is 11.7. The first kappa shape index (κ1) is 14.1. The Labute approximate surface area is 119 Å². The van der Waals surface area contributed by atoms with Gasteiger partial charge in [0.25, 0.3) is 0 Å². The van der Waals surface area contributed by atoms with Crippen molar-refractivity contribution in [3.63, 3.8) is 0 Å². The number of nitrogens with zero attached hydrogens (tertiary/aromatic N) is 1. The number of hydrogen-bond acceptors (Lipinski definition) is 4. The Kier molecular flexibility index (Phi) is 3.88. The topological polar surface area (TPSA) is 59.8 Å². The summed E-state index contributed by atoms with van der Waals surface area (Å²) >= 11 is 0. The Morgan fingerprint density at radius 3 is 2.80 bits per heavy atom. The fourth-order valence-corrected chi connectivity index (χ4v) is 5.02. The normalized spacial score (nSPS) is 28.2. The minimum atomic E-state index is -3.28. The summed E-state index contributed by atoms with van der Waals surface area (Å²) in [5.74, 6) is 1.68. The zero-order valence-corrected chi connectivity index (χ0v) is 12.6. The van der Waals surface area contributed by atoms with Crippen molar-refractivity contribution in [1.29, 1.82) is 0 Å². The van der Waals surface area contributed by atoms with E-state index in [4.69, 9.17) is 9.15 Å². The summed E-state index contributed by atoms with van der Waals surface area (Å²) in [6.45, 7) is 3.14. The molecular formula is C14H21NO4S. The number of aryl methyl sites for hydroxylation is 1. The first-order valence-electron chi connectivity index (χ1n) is 7.24. The van der Waals surface area contributed by atoms with Gasteiger partial charge in [-0.1, -0.05) is 0 Å². The highest BCUT2D eigenvalue weighted by molar-refractivity contribution is 7.89. The number of hydrogen-bond donors (Lipinski definition) is 0. The van der Waals surface area contributed by atoms with Crippen molar-refractivity contribution in [3.8, 4) is 0 Å². The van der Waals surface area contributed by atoms with Gasteiger partial charge in [-0.05, 0) is 44.7 Å². The van der Waals surface area contributed by atoms with Crippen LogP contribution in [0.3, 0.4) is 0 Å². The molecule has 20 heavy (non-hydrogen) atoms. The van der Waals surface area contributed by atoms with E-state index in [1.807, 2.05) is 19.1 Å². The van der Waals surface area contributed by atoms with Crippen LogP contribution in [0, 0.1) is 6.92 Å². The molecule has 112 valence electrons. The molecule has 2 saturated heterocycles. The lowest BCUT2D eigenvalue weighted by Crippen LogP contribution is -2.36. The van der Waals surface area contributed by atoms with Crippen molar-refractivity contribution < 1.29 is 17.6 Å². The largest absolute Gasteiger partial charge is 0.465 e. The first-order valence-corrected chi connectivity index (χ1v) is 8.84. The van der Waals surface area contributed by atoms with Gasteiger partial charge in [0.15, 0.2) is 0 Å². The van der Waals surface area contributed by atoms with Crippen LogP contribution in [-0.2, 0) is 14.8 Å². The predicted molar refractivity (Wildman–Crippen MR) is 74.9 cm³/mol. The van der Waals surface area contributed by atoms with Crippen LogP contribution in [0.1, 0.15) is 43.2 Å². The second-order valence-electron chi connectivity index (χ2n) is 5.63. The molecule has 0 radical (unpaired) electrons. The summed E-state index contributed by atoms with van der Waals surface area (Å²) in [7, 11) is -3.28. The molecule has 5 nitrogen and oxygen atoms in total. The molecule has 3 rings (SSSR count). The molecule has 2 fully saturated rings. The summed E-state index contributed by atoms with van der Waals surface area (Å²) in [5, 5.41) is 0. The number of ether oxygens (including phenoxy) is 1. The standard InChI is InChI=1S/C14H21NO4S/c1-11-6-7-14(19-11)13-5-2-8-15(13)20(16,17)10-12-4-3-9-18-12/h6-7,12-13H,2-5,8-10H2,1H3. The van der Waals surface area contributed by atoms with Crippen molar-refractivity contribution in [2.75, 3.05) is 18.9 Å². The molecule has 0 spiro atoms. The lowest BCUT2D eigenvalue weighted by atomic mass is 10.2. The molecule has 2 aliphatic heterocycles. The second kappa shape index (κ2) is 5.50. The third kappa shape index (κ3) is 2.77. The van der Waals surface area contributed by atoms with Crippen molar-refractivity contribution in [3.05, 3.63) is 23.7 Å². The van der Waals surface area contributed by atoms with Gasteiger partial charge >= 0.3 is 0 Å². The highest BCUT2D eigenvalue weighted by Gasteiger charge is 2.38. The SMILES string of the molecule is Cc1ccc(C2CCCN2S(=O)(=O)CC2CCCO2)o1. The molecule has 6 heteroatoms. The molecule has 2 atom stereocenters. The van der Waals surface area contributed by atoms with Gasteiger partial charge < -0.3 is 9.15 Å². The Bertz CT molecular complexity index is 559. The van der Waals surface area contributed by atoms with Crippen LogP contribution in [0.25, 0.3) is 0 Å². The molecule has 1 aromatic heterocycles. The van der Waals surface area contributed by atoms with Crippen molar-refractivity contribution in [1.82, 2.24) is 4.31 Å². The van der Waals surface area contributed by atoms with Gasteiger partial charge in [0.05, 0.1) is 17.9 Å². The molecule has 0 N–H and O–H groups in total. The summed E-state index contributed by atoms with van der Waals surface area (Å²) in [5.41, 5.74) is 0. The molecule has 0 saturated carbocycles. The molecule has 0 aliphatic carbocycles. The highest BCUT2D eigenvalue weighted by Crippen LogP contribution is 2.35. The minimum absolute atomic E-state index is 0.100. The maximum atomic E-state index is 12.6. The predicted octanol–water partition coefficient (Wildman–Crippen LogP) is 2.23. The monoisotopic (exact) mass is 299 g/mol. The van der Waals surface area contributed by atoms with Crippen LogP contribution in [-0.4, -0.2) is 37.7 Å².